The molecule has 1 saturated carbocycles. The van der Waals surface area contributed by atoms with Crippen LogP contribution in [0.15, 0.2) is 27.6 Å². The van der Waals surface area contributed by atoms with Gasteiger partial charge in [-0.05, 0) is 52.4 Å². The SMILES string of the molecule is O=S(=O)(NCC1(CCl)CC1)c1ccc(Cl)c(Br)c1. The predicted molar refractivity (Wildman–Crippen MR) is 76.7 cm³/mol. The van der Waals surface area contributed by atoms with Gasteiger partial charge in [-0.1, -0.05) is 11.6 Å². The first-order chi connectivity index (χ1) is 8.38. The second-order valence-electron chi connectivity index (χ2n) is 4.53. The fourth-order valence-electron chi connectivity index (χ4n) is 1.51. The third kappa shape index (κ3) is 3.20. The zero-order valence-corrected chi connectivity index (χ0v) is 13.3. The molecule has 7 heteroatoms. The van der Waals surface area contributed by atoms with Gasteiger partial charge in [0.25, 0.3) is 0 Å². The molecule has 100 valence electrons. The van der Waals surface area contributed by atoms with Crippen molar-refractivity contribution >= 4 is 49.2 Å². The summed E-state index contributed by atoms with van der Waals surface area (Å²) in [6, 6.07) is 4.52. The van der Waals surface area contributed by atoms with Crippen LogP contribution in [-0.2, 0) is 10.0 Å². The molecule has 1 aliphatic carbocycles. The lowest BCUT2D eigenvalue weighted by Crippen LogP contribution is -2.31. The molecule has 0 unspecified atom stereocenters. The smallest absolute Gasteiger partial charge is 0.211 e. The maximum Gasteiger partial charge on any atom is 0.240 e. The van der Waals surface area contributed by atoms with E-state index >= 15 is 0 Å². The van der Waals surface area contributed by atoms with Gasteiger partial charge < -0.3 is 0 Å². The predicted octanol–water partition coefficient (Wildman–Crippen LogP) is 3.40. The maximum absolute atomic E-state index is 12.1. The Morgan fingerprint density at radius 3 is 2.56 bits per heavy atom. The molecule has 0 saturated heterocycles. The second-order valence-corrected chi connectivity index (χ2v) is 7.83. The van der Waals surface area contributed by atoms with Crippen LogP contribution in [0.5, 0.6) is 0 Å². The highest BCUT2D eigenvalue weighted by molar-refractivity contribution is 9.10. The van der Waals surface area contributed by atoms with Crippen molar-refractivity contribution in [3.8, 4) is 0 Å². The molecule has 18 heavy (non-hydrogen) atoms. The summed E-state index contributed by atoms with van der Waals surface area (Å²) in [6.45, 7) is 0.388. The number of benzene rings is 1. The highest BCUT2D eigenvalue weighted by atomic mass is 79.9. The van der Waals surface area contributed by atoms with E-state index in [0.717, 1.165) is 12.8 Å². The maximum atomic E-state index is 12.1. The van der Waals surface area contributed by atoms with Crippen LogP contribution < -0.4 is 4.72 Å². The van der Waals surface area contributed by atoms with Gasteiger partial charge >= 0.3 is 0 Å². The third-order valence-corrected chi connectivity index (χ3v) is 6.26. The molecule has 1 aromatic carbocycles. The van der Waals surface area contributed by atoms with Crippen LogP contribution in [0.2, 0.25) is 5.02 Å². The molecular formula is C11H12BrCl2NO2S. The number of sulfonamides is 1. The monoisotopic (exact) mass is 371 g/mol. The summed E-state index contributed by atoms with van der Waals surface area (Å²) in [7, 11) is -3.50. The van der Waals surface area contributed by atoms with Crippen molar-refractivity contribution in [2.24, 2.45) is 5.41 Å². The number of alkyl halides is 1. The first-order valence-electron chi connectivity index (χ1n) is 5.39. The normalized spacial score (nSPS) is 17.7. The molecule has 0 radical (unpaired) electrons. The average Bonchev–Trinajstić information content (AvgIpc) is 3.11. The molecule has 1 aromatic rings. The van der Waals surface area contributed by atoms with Gasteiger partial charge in [0.1, 0.15) is 0 Å². The van der Waals surface area contributed by atoms with Crippen molar-refractivity contribution in [1.29, 1.82) is 0 Å². The van der Waals surface area contributed by atoms with Crippen LogP contribution in [0.4, 0.5) is 0 Å². The molecule has 0 aromatic heterocycles. The van der Waals surface area contributed by atoms with E-state index in [-0.39, 0.29) is 10.3 Å². The largest absolute Gasteiger partial charge is 0.240 e. The van der Waals surface area contributed by atoms with E-state index in [9.17, 15) is 8.42 Å². The Bertz CT molecular complexity index is 558. The molecule has 0 amide bonds. The van der Waals surface area contributed by atoms with E-state index in [1.165, 1.54) is 12.1 Å². The van der Waals surface area contributed by atoms with Gasteiger partial charge in [-0.3, -0.25) is 0 Å². The van der Waals surface area contributed by atoms with Crippen molar-refractivity contribution in [1.82, 2.24) is 4.72 Å². The number of halogens is 3. The minimum absolute atomic E-state index is 0.0434. The molecular weight excluding hydrogens is 361 g/mol. The summed E-state index contributed by atoms with van der Waals surface area (Å²) < 4.78 is 27.3. The summed E-state index contributed by atoms with van der Waals surface area (Å²) in [4.78, 5) is 0.198. The Morgan fingerprint density at radius 2 is 2.06 bits per heavy atom. The Balaban J connectivity index is 2.13. The molecule has 1 fully saturated rings. The van der Waals surface area contributed by atoms with Crippen LogP contribution in [0.1, 0.15) is 12.8 Å². The second kappa shape index (κ2) is 5.29. The minimum atomic E-state index is -3.50. The molecule has 0 atom stereocenters. The Hall–Kier alpha value is 0.190. The third-order valence-electron chi connectivity index (χ3n) is 3.08. The highest BCUT2D eigenvalue weighted by Crippen LogP contribution is 2.46. The van der Waals surface area contributed by atoms with Gasteiger partial charge in [0.2, 0.25) is 10.0 Å². The van der Waals surface area contributed by atoms with Crippen LogP contribution in [0, 0.1) is 5.41 Å². The van der Waals surface area contributed by atoms with Crippen molar-refractivity contribution in [2.45, 2.75) is 17.7 Å². The van der Waals surface area contributed by atoms with E-state index in [4.69, 9.17) is 23.2 Å². The van der Waals surface area contributed by atoms with E-state index in [0.29, 0.717) is 21.9 Å². The van der Waals surface area contributed by atoms with Crippen LogP contribution in [0.3, 0.4) is 0 Å². The van der Waals surface area contributed by atoms with Crippen LogP contribution >= 0.6 is 39.1 Å². The standard InChI is InChI=1S/C11H12BrCl2NO2S/c12-9-5-8(1-2-10(9)14)18(16,17)15-7-11(6-13)3-4-11/h1-2,5,15H,3-4,6-7H2. The summed E-state index contributed by atoms with van der Waals surface area (Å²) in [5, 5.41) is 0.480. The van der Waals surface area contributed by atoms with E-state index < -0.39 is 10.0 Å². The molecule has 0 bridgehead atoms. The van der Waals surface area contributed by atoms with Crippen molar-refractivity contribution in [3.63, 3.8) is 0 Å². The summed E-state index contributed by atoms with van der Waals surface area (Å²) in [5.41, 5.74) is -0.0434. The van der Waals surface area contributed by atoms with Crippen molar-refractivity contribution < 1.29 is 8.42 Å². The van der Waals surface area contributed by atoms with E-state index in [1.54, 1.807) is 6.07 Å². The van der Waals surface area contributed by atoms with Gasteiger partial charge in [-0.25, -0.2) is 13.1 Å². The summed E-state index contributed by atoms with van der Waals surface area (Å²) in [6.07, 6.45) is 1.95. The van der Waals surface area contributed by atoms with Crippen LogP contribution in [-0.4, -0.2) is 20.8 Å². The van der Waals surface area contributed by atoms with Crippen LogP contribution in [0.25, 0.3) is 0 Å². The molecule has 2 rings (SSSR count). The highest BCUT2D eigenvalue weighted by Gasteiger charge is 2.42. The van der Waals surface area contributed by atoms with Crippen molar-refractivity contribution in [2.75, 3.05) is 12.4 Å². The molecule has 0 aliphatic heterocycles. The molecule has 1 aliphatic rings. The lowest BCUT2D eigenvalue weighted by molar-refractivity contribution is 0.534. The van der Waals surface area contributed by atoms with Gasteiger partial charge in [0.15, 0.2) is 0 Å². The fraction of sp³-hybridized carbons (Fsp3) is 0.455. The number of hydrogen-bond donors (Lipinski definition) is 1. The average molecular weight is 373 g/mol. The Morgan fingerprint density at radius 1 is 1.39 bits per heavy atom. The van der Waals surface area contributed by atoms with E-state index in [1.807, 2.05) is 0 Å². The number of hydrogen-bond acceptors (Lipinski definition) is 2. The molecule has 0 spiro atoms. The summed E-state index contributed by atoms with van der Waals surface area (Å²) in [5.74, 6) is 0.486. The molecule has 1 N–H and O–H groups in total. The van der Waals surface area contributed by atoms with E-state index in [2.05, 4.69) is 20.7 Å². The minimum Gasteiger partial charge on any atom is -0.211 e. The fourth-order valence-corrected chi connectivity index (χ4v) is 3.70. The lowest BCUT2D eigenvalue weighted by atomic mass is 10.1. The van der Waals surface area contributed by atoms with Crippen molar-refractivity contribution in [3.05, 3.63) is 27.7 Å². The molecule has 3 nitrogen and oxygen atoms in total. The first kappa shape index (κ1) is 14.6. The molecule has 0 heterocycles. The first-order valence-corrected chi connectivity index (χ1v) is 8.58. The zero-order chi connectivity index (χ0) is 13.4. The van der Waals surface area contributed by atoms with Gasteiger partial charge in [-0.2, -0.15) is 0 Å². The van der Waals surface area contributed by atoms with Gasteiger partial charge in [0, 0.05) is 16.9 Å². The summed E-state index contributed by atoms with van der Waals surface area (Å²) >= 11 is 14.9. The topological polar surface area (TPSA) is 46.2 Å². The number of rotatable bonds is 5. The van der Waals surface area contributed by atoms with Gasteiger partial charge in [0.05, 0.1) is 9.92 Å². The Kier molecular flexibility index (Phi) is 4.29. The number of nitrogens with one attached hydrogen (secondary N) is 1. The quantitative estimate of drug-likeness (QED) is 0.805. The lowest BCUT2D eigenvalue weighted by Gasteiger charge is -2.13. The van der Waals surface area contributed by atoms with Gasteiger partial charge in [-0.15, -0.1) is 11.6 Å². The zero-order valence-electron chi connectivity index (χ0n) is 9.42. The Labute approximate surface area is 125 Å².